The third kappa shape index (κ3) is 4.03. The molecule has 4 heteroatoms. The van der Waals surface area contributed by atoms with E-state index in [9.17, 15) is 5.11 Å². The van der Waals surface area contributed by atoms with Crippen molar-refractivity contribution >= 4 is 27.3 Å². The van der Waals surface area contributed by atoms with E-state index in [2.05, 4.69) is 53.5 Å². The molecule has 0 saturated heterocycles. The fourth-order valence-corrected chi connectivity index (χ4v) is 4.37. The van der Waals surface area contributed by atoms with Crippen LogP contribution in [0.3, 0.4) is 0 Å². The first-order valence-electron chi connectivity index (χ1n) is 7.00. The summed E-state index contributed by atoms with van der Waals surface area (Å²) in [6.45, 7) is 7.44. The second-order valence-corrected chi connectivity index (χ2v) is 8.43. The Balaban J connectivity index is 1.87. The summed E-state index contributed by atoms with van der Waals surface area (Å²) in [5.74, 6) is 0. The number of hydrogen-bond donors (Lipinski definition) is 2. The van der Waals surface area contributed by atoms with Gasteiger partial charge in [0.2, 0.25) is 0 Å². The molecule has 0 radical (unpaired) electrons. The van der Waals surface area contributed by atoms with E-state index < -0.39 is 5.60 Å². The first-order chi connectivity index (χ1) is 8.81. The second kappa shape index (κ2) is 5.84. The Hall–Kier alpha value is 0.100. The van der Waals surface area contributed by atoms with Crippen LogP contribution in [0.5, 0.6) is 0 Å². The number of rotatable bonds is 4. The average Bonchev–Trinajstić information content (AvgIpc) is 2.77. The molecule has 2 nitrogen and oxygen atoms in total. The molecule has 2 rings (SSSR count). The van der Waals surface area contributed by atoms with E-state index in [1.54, 1.807) is 11.3 Å². The van der Waals surface area contributed by atoms with Crippen LogP contribution in [-0.2, 0) is 0 Å². The molecule has 2 N–H and O–H groups in total. The Kier molecular flexibility index (Phi) is 4.76. The zero-order valence-electron chi connectivity index (χ0n) is 12.0. The maximum atomic E-state index is 10.6. The lowest BCUT2D eigenvalue weighted by Gasteiger charge is -2.40. The van der Waals surface area contributed by atoms with Crippen molar-refractivity contribution in [2.45, 2.75) is 58.1 Å². The van der Waals surface area contributed by atoms with Crippen molar-refractivity contribution in [3.8, 4) is 0 Å². The molecule has 1 aromatic heterocycles. The maximum Gasteiger partial charge on any atom is 0.0772 e. The molecule has 1 saturated carbocycles. The van der Waals surface area contributed by atoms with Crippen molar-refractivity contribution in [3.05, 3.63) is 20.8 Å². The summed E-state index contributed by atoms with van der Waals surface area (Å²) < 4.78 is 1.16. The second-order valence-electron chi connectivity index (χ2n) is 6.62. The molecule has 1 aliphatic rings. The zero-order chi connectivity index (χ0) is 14.1. The van der Waals surface area contributed by atoms with Gasteiger partial charge in [-0.2, -0.15) is 0 Å². The lowest BCUT2D eigenvalue weighted by atomic mass is 9.71. The zero-order valence-corrected chi connectivity index (χ0v) is 14.4. The molecule has 0 amide bonds. The Morgan fingerprint density at radius 1 is 1.37 bits per heavy atom. The summed E-state index contributed by atoms with van der Waals surface area (Å²) in [6.07, 6.45) is 4.04. The molecule has 0 aromatic carbocycles. The molecule has 0 spiro atoms. The quantitative estimate of drug-likeness (QED) is 0.842. The number of nitrogens with one attached hydrogen (secondary N) is 1. The minimum absolute atomic E-state index is 0.285. The standard InChI is InChI=1S/C15H24BrNOS/c1-11(13-12(16)4-9-19-13)17-10-15(18)7-5-14(2,3)6-8-15/h4,9,11,17-18H,5-8,10H2,1-3H3. The van der Waals surface area contributed by atoms with Gasteiger partial charge in [-0.25, -0.2) is 0 Å². The summed E-state index contributed by atoms with van der Waals surface area (Å²) in [4.78, 5) is 1.31. The van der Waals surface area contributed by atoms with Crippen LogP contribution in [0.1, 0.15) is 57.4 Å². The predicted molar refractivity (Wildman–Crippen MR) is 85.6 cm³/mol. The topological polar surface area (TPSA) is 32.3 Å². The fraction of sp³-hybridized carbons (Fsp3) is 0.733. The summed E-state index contributed by atoms with van der Waals surface area (Å²) in [5.41, 5.74) is -0.123. The first-order valence-corrected chi connectivity index (χ1v) is 8.67. The van der Waals surface area contributed by atoms with Gasteiger partial charge < -0.3 is 10.4 Å². The van der Waals surface area contributed by atoms with Crippen molar-refractivity contribution in [1.82, 2.24) is 5.32 Å². The maximum absolute atomic E-state index is 10.6. The normalized spacial score (nSPS) is 23.2. The highest BCUT2D eigenvalue weighted by atomic mass is 79.9. The SMILES string of the molecule is CC(NCC1(O)CCC(C)(C)CC1)c1sccc1Br. The van der Waals surface area contributed by atoms with E-state index >= 15 is 0 Å². The van der Waals surface area contributed by atoms with Gasteiger partial charge in [0, 0.05) is 21.9 Å². The Morgan fingerprint density at radius 3 is 2.53 bits per heavy atom. The van der Waals surface area contributed by atoms with E-state index in [0.717, 1.165) is 30.2 Å². The lowest BCUT2D eigenvalue weighted by Crippen LogP contribution is -2.45. The minimum Gasteiger partial charge on any atom is -0.389 e. The minimum atomic E-state index is -0.520. The van der Waals surface area contributed by atoms with Crippen molar-refractivity contribution in [2.75, 3.05) is 6.54 Å². The molecule has 1 aliphatic carbocycles. The largest absolute Gasteiger partial charge is 0.389 e. The van der Waals surface area contributed by atoms with Crippen molar-refractivity contribution in [1.29, 1.82) is 0 Å². The van der Waals surface area contributed by atoms with Gasteiger partial charge in [-0.3, -0.25) is 0 Å². The van der Waals surface area contributed by atoms with E-state index in [-0.39, 0.29) is 6.04 Å². The monoisotopic (exact) mass is 345 g/mol. The number of aliphatic hydroxyl groups is 1. The molecule has 1 unspecified atom stereocenters. The van der Waals surface area contributed by atoms with Gasteiger partial charge in [0.05, 0.1) is 5.60 Å². The van der Waals surface area contributed by atoms with Crippen LogP contribution in [0.15, 0.2) is 15.9 Å². The lowest BCUT2D eigenvalue weighted by molar-refractivity contribution is -0.0257. The molecule has 108 valence electrons. The van der Waals surface area contributed by atoms with Crippen molar-refractivity contribution in [3.63, 3.8) is 0 Å². The Morgan fingerprint density at radius 2 is 2.00 bits per heavy atom. The molecular weight excluding hydrogens is 322 g/mol. The van der Waals surface area contributed by atoms with Gasteiger partial charge in [0.1, 0.15) is 0 Å². The van der Waals surface area contributed by atoms with Crippen molar-refractivity contribution < 1.29 is 5.11 Å². The van der Waals surface area contributed by atoms with Gasteiger partial charge in [-0.05, 0) is 65.4 Å². The van der Waals surface area contributed by atoms with Crippen LogP contribution in [0.2, 0.25) is 0 Å². The number of thiophene rings is 1. The van der Waals surface area contributed by atoms with E-state index in [4.69, 9.17) is 0 Å². The Labute approximate surface area is 128 Å². The molecule has 1 aromatic rings. The first kappa shape index (κ1) is 15.5. The van der Waals surface area contributed by atoms with Crippen LogP contribution in [0.25, 0.3) is 0 Å². The van der Waals surface area contributed by atoms with Crippen LogP contribution < -0.4 is 5.32 Å². The van der Waals surface area contributed by atoms with Gasteiger partial charge in [0.15, 0.2) is 0 Å². The third-order valence-electron chi connectivity index (χ3n) is 4.31. The molecule has 19 heavy (non-hydrogen) atoms. The predicted octanol–water partition coefficient (Wildman–Crippen LogP) is 4.49. The summed E-state index contributed by atoms with van der Waals surface area (Å²) >= 11 is 5.32. The number of halogens is 1. The molecular formula is C15H24BrNOS. The molecule has 1 atom stereocenters. The van der Waals surface area contributed by atoms with E-state index in [1.165, 1.54) is 4.88 Å². The van der Waals surface area contributed by atoms with E-state index in [1.807, 2.05) is 0 Å². The summed E-state index contributed by atoms with van der Waals surface area (Å²) in [6, 6.07) is 2.36. The molecule has 0 bridgehead atoms. The molecule has 0 aliphatic heterocycles. The van der Waals surface area contributed by atoms with E-state index in [0.29, 0.717) is 12.0 Å². The van der Waals surface area contributed by atoms with Gasteiger partial charge in [0.25, 0.3) is 0 Å². The molecule has 1 heterocycles. The summed E-state index contributed by atoms with van der Waals surface area (Å²) in [5, 5.41) is 16.2. The molecule has 1 fully saturated rings. The highest BCUT2D eigenvalue weighted by molar-refractivity contribution is 9.10. The smallest absolute Gasteiger partial charge is 0.0772 e. The van der Waals surface area contributed by atoms with Gasteiger partial charge >= 0.3 is 0 Å². The van der Waals surface area contributed by atoms with Gasteiger partial charge in [-0.1, -0.05) is 13.8 Å². The summed E-state index contributed by atoms with van der Waals surface area (Å²) in [7, 11) is 0. The highest BCUT2D eigenvalue weighted by Gasteiger charge is 2.36. The van der Waals surface area contributed by atoms with Crippen LogP contribution in [0.4, 0.5) is 0 Å². The highest BCUT2D eigenvalue weighted by Crippen LogP contribution is 2.40. The number of hydrogen-bond acceptors (Lipinski definition) is 3. The average molecular weight is 346 g/mol. The Bertz CT molecular complexity index is 420. The van der Waals surface area contributed by atoms with Crippen LogP contribution in [-0.4, -0.2) is 17.3 Å². The fourth-order valence-electron chi connectivity index (χ4n) is 2.62. The van der Waals surface area contributed by atoms with Crippen LogP contribution >= 0.6 is 27.3 Å². The van der Waals surface area contributed by atoms with Crippen LogP contribution in [0, 0.1) is 5.41 Å². The third-order valence-corrected chi connectivity index (χ3v) is 6.36. The van der Waals surface area contributed by atoms with Gasteiger partial charge in [-0.15, -0.1) is 11.3 Å². The van der Waals surface area contributed by atoms with Crippen molar-refractivity contribution in [2.24, 2.45) is 5.41 Å².